The standard InChI is InChI=1S/C25H30N6O2/c1-16(2)21-7-5-19(6-8-21)14-30-23-22(24-27-15-28-31(24)25(30)32)9-20(10-26-23)13-29-11-17(3)33-18(4)12-29/h5-10,15-18H,11-14H2,1-4H3. The molecule has 2 atom stereocenters. The molecule has 8 heteroatoms. The van der Waals surface area contributed by atoms with Crippen LogP contribution in [0.2, 0.25) is 0 Å². The number of nitrogens with zero attached hydrogens (tertiary/aromatic N) is 6. The fourth-order valence-corrected chi connectivity index (χ4v) is 4.74. The number of pyridine rings is 1. The van der Waals surface area contributed by atoms with Gasteiger partial charge in [0.2, 0.25) is 0 Å². The van der Waals surface area contributed by atoms with E-state index in [1.807, 2.05) is 6.20 Å². The number of aromatic nitrogens is 5. The normalized spacial score (nSPS) is 19.7. The van der Waals surface area contributed by atoms with E-state index in [1.54, 1.807) is 4.57 Å². The molecule has 0 spiro atoms. The van der Waals surface area contributed by atoms with Crippen LogP contribution in [0.25, 0.3) is 16.7 Å². The summed E-state index contributed by atoms with van der Waals surface area (Å²) in [6.07, 6.45) is 3.71. The molecule has 4 heterocycles. The van der Waals surface area contributed by atoms with Crippen LogP contribution < -0.4 is 5.69 Å². The largest absolute Gasteiger partial charge is 0.373 e. The van der Waals surface area contributed by atoms with Crippen LogP contribution >= 0.6 is 0 Å². The summed E-state index contributed by atoms with van der Waals surface area (Å²) in [5.74, 6) is 0.464. The van der Waals surface area contributed by atoms with E-state index in [2.05, 4.69) is 73.0 Å². The van der Waals surface area contributed by atoms with Crippen molar-refractivity contribution in [2.24, 2.45) is 0 Å². The van der Waals surface area contributed by atoms with Crippen molar-refractivity contribution in [2.75, 3.05) is 13.1 Å². The van der Waals surface area contributed by atoms with Crippen molar-refractivity contribution in [3.63, 3.8) is 0 Å². The predicted molar refractivity (Wildman–Crippen MR) is 127 cm³/mol. The Morgan fingerprint density at radius 2 is 1.73 bits per heavy atom. The second-order valence-corrected chi connectivity index (χ2v) is 9.43. The van der Waals surface area contributed by atoms with Crippen molar-refractivity contribution in [2.45, 2.75) is 58.9 Å². The molecule has 1 saturated heterocycles. The van der Waals surface area contributed by atoms with Crippen molar-refractivity contribution < 1.29 is 4.74 Å². The number of rotatable bonds is 5. The molecular weight excluding hydrogens is 416 g/mol. The van der Waals surface area contributed by atoms with Gasteiger partial charge in [-0.1, -0.05) is 38.1 Å². The lowest BCUT2D eigenvalue weighted by Crippen LogP contribution is -2.44. The Hall–Kier alpha value is -3.10. The lowest BCUT2D eigenvalue weighted by molar-refractivity contribution is -0.0705. The van der Waals surface area contributed by atoms with Crippen LogP contribution in [0.5, 0.6) is 0 Å². The lowest BCUT2D eigenvalue weighted by Gasteiger charge is -2.35. The summed E-state index contributed by atoms with van der Waals surface area (Å²) in [6.45, 7) is 11.5. The molecule has 0 aliphatic carbocycles. The van der Waals surface area contributed by atoms with E-state index in [0.717, 1.165) is 36.1 Å². The Labute approximate surface area is 192 Å². The highest BCUT2D eigenvalue weighted by molar-refractivity contribution is 5.89. The maximum absolute atomic E-state index is 13.2. The Bertz CT molecular complexity index is 1330. The van der Waals surface area contributed by atoms with Gasteiger partial charge in [0.25, 0.3) is 0 Å². The van der Waals surface area contributed by atoms with Gasteiger partial charge in [-0.25, -0.2) is 14.8 Å². The van der Waals surface area contributed by atoms with E-state index in [4.69, 9.17) is 9.72 Å². The molecule has 1 aliphatic rings. The molecule has 1 aromatic carbocycles. The molecule has 1 aliphatic heterocycles. The van der Waals surface area contributed by atoms with E-state index in [0.29, 0.717) is 23.8 Å². The highest BCUT2D eigenvalue weighted by atomic mass is 16.5. The van der Waals surface area contributed by atoms with E-state index in [1.165, 1.54) is 16.4 Å². The fraction of sp³-hybridized carbons (Fsp3) is 0.440. The van der Waals surface area contributed by atoms with Crippen LogP contribution in [-0.2, 0) is 17.8 Å². The monoisotopic (exact) mass is 446 g/mol. The second kappa shape index (κ2) is 8.68. The van der Waals surface area contributed by atoms with Gasteiger partial charge in [0, 0.05) is 25.8 Å². The average molecular weight is 447 g/mol. The Morgan fingerprint density at radius 1 is 1.00 bits per heavy atom. The smallest absolute Gasteiger partial charge is 0.352 e. The molecule has 2 unspecified atom stereocenters. The molecule has 33 heavy (non-hydrogen) atoms. The highest BCUT2D eigenvalue weighted by Gasteiger charge is 2.23. The van der Waals surface area contributed by atoms with Crippen LogP contribution in [0.15, 0.2) is 47.7 Å². The molecule has 0 amide bonds. The second-order valence-electron chi connectivity index (χ2n) is 9.43. The van der Waals surface area contributed by atoms with Crippen molar-refractivity contribution in [3.05, 3.63) is 70.0 Å². The Balaban J connectivity index is 1.54. The van der Waals surface area contributed by atoms with Crippen LogP contribution in [0, 0.1) is 0 Å². The van der Waals surface area contributed by atoms with Gasteiger partial charge in [-0.2, -0.15) is 9.61 Å². The topological polar surface area (TPSA) is 77.6 Å². The first-order chi connectivity index (χ1) is 15.9. The maximum Gasteiger partial charge on any atom is 0.352 e. The molecule has 0 N–H and O–H groups in total. The zero-order chi connectivity index (χ0) is 23.1. The molecule has 8 nitrogen and oxygen atoms in total. The number of ether oxygens (including phenoxy) is 1. The Morgan fingerprint density at radius 3 is 2.42 bits per heavy atom. The van der Waals surface area contributed by atoms with Crippen molar-refractivity contribution >= 4 is 16.7 Å². The summed E-state index contributed by atoms with van der Waals surface area (Å²) in [4.78, 5) is 24.7. The highest BCUT2D eigenvalue weighted by Crippen LogP contribution is 2.21. The van der Waals surface area contributed by atoms with Gasteiger partial charge in [0.1, 0.15) is 12.0 Å². The quantitative estimate of drug-likeness (QED) is 0.469. The van der Waals surface area contributed by atoms with Crippen LogP contribution in [-0.4, -0.2) is 54.3 Å². The van der Waals surface area contributed by atoms with E-state index >= 15 is 0 Å². The summed E-state index contributed by atoms with van der Waals surface area (Å²) >= 11 is 0. The van der Waals surface area contributed by atoms with Crippen LogP contribution in [0.4, 0.5) is 0 Å². The minimum absolute atomic E-state index is 0.206. The number of fused-ring (bicyclic) bond motifs is 3. The minimum Gasteiger partial charge on any atom is -0.373 e. The van der Waals surface area contributed by atoms with Crippen LogP contribution in [0.1, 0.15) is 50.3 Å². The zero-order valence-corrected chi connectivity index (χ0v) is 19.6. The molecule has 1 fully saturated rings. The summed E-state index contributed by atoms with van der Waals surface area (Å²) < 4.78 is 8.92. The molecule has 4 aromatic rings. The van der Waals surface area contributed by atoms with Crippen LogP contribution in [0.3, 0.4) is 0 Å². The summed E-state index contributed by atoms with van der Waals surface area (Å²) in [7, 11) is 0. The Kier molecular flexibility index (Phi) is 5.72. The van der Waals surface area contributed by atoms with Crippen molar-refractivity contribution in [3.8, 4) is 0 Å². The molecular formula is C25H30N6O2. The molecule has 0 radical (unpaired) electrons. The first-order valence-corrected chi connectivity index (χ1v) is 11.6. The molecule has 5 rings (SSSR count). The number of hydrogen-bond acceptors (Lipinski definition) is 6. The third-order valence-corrected chi connectivity index (χ3v) is 6.27. The summed E-state index contributed by atoms with van der Waals surface area (Å²) in [6, 6.07) is 10.5. The summed E-state index contributed by atoms with van der Waals surface area (Å²) in [5.41, 5.74) is 4.33. The van der Waals surface area contributed by atoms with Gasteiger partial charge in [-0.3, -0.25) is 9.47 Å². The first kappa shape index (κ1) is 21.7. The minimum atomic E-state index is -0.237. The maximum atomic E-state index is 13.2. The van der Waals surface area contributed by atoms with Gasteiger partial charge in [-0.15, -0.1) is 0 Å². The van der Waals surface area contributed by atoms with E-state index < -0.39 is 0 Å². The molecule has 0 bridgehead atoms. The third kappa shape index (κ3) is 4.28. The predicted octanol–water partition coefficient (Wildman–Crippen LogP) is 3.22. The third-order valence-electron chi connectivity index (χ3n) is 6.27. The average Bonchev–Trinajstić information content (AvgIpc) is 3.27. The van der Waals surface area contributed by atoms with Gasteiger partial charge < -0.3 is 4.74 Å². The van der Waals surface area contributed by atoms with Gasteiger partial charge >= 0.3 is 5.69 Å². The van der Waals surface area contributed by atoms with Gasteiger partial charge in [-0.05, 0) is 42.5 Å². The van der Waals surface area contributed by atoms with E-state index in [9.17, 15) is 4.79 Å². The SMILES string of the molecule is CC1CN(Cc2cnc3c(c2)c2ncnn2c(=O)n3Cc2ccc(C(C)C)cc2)CC(C)O1. The fourth-order valence-electron chi connectivity index (χ4n) is 4.74. The van der Waals surface area contributed by atoms with E-state index in [-0.39, 0.29) is 17.9 Å². The van der Waals surface area contributed by atoms with Gasteiger partial charge in [0.15, 0.2) is 5.65 Å². The number of hydrogen-bond donors (Lipinski definition) is 0. The number of benzene rings is 1. The lowest BCUT2D eigenvalue weighted by atomic mass is 10.0. The van der Waals surface area contributed by atoms with Crippen molar-refractivity contribution in [1.82, 2.24) is 29.0 Å². The summed E-state index contributed by atoms with van der Waals surface area (Å²) in [5, 5.41) is 5.02. The number of morpholine rings is 1. The van der Waals surface area contributed by atoms with Crippen molar-refractivity contribution in [1.29, 1.82) is 0 Å². The van der Waals surface area contributed by atoms with Gasteiger partial charge in [0.05, 0.1) is 24.1 Å². The molecule has 172 valence electrons. The molecule has 0 saturated carbocycles. The zero-order valence-electron chi connectivity index (χ0n) is 19.6. The molecule has 3 aromatic heterocycles. The first-order valence-electron chi connectivity index (χ1n) is 11.6.